The predicted octanol–water partition coefficient (Wildman–Crippen LogP) is 3.34. The highest BCUT2D eigenvalue weighted by Crippen LogP contribution is 2.32. The third kappa shape index (κ3) is 3.03. The molecule has 2 atom stereocenters. The van der Waals surface area contributed by atoms with Crippen LogP contribution in [0.1, 0.15) is 36.8 Å². The quantitative estimate of drug-likeness (QED) is 0.783. The summed E-state index contributed by atoms with van der Waals surface area (Å²) in [4.78, 5) is 12.4. The van der Waals surface area contributed by atoms with E-state index in [1.165, 1.54) is 0 Å². The molecule has 4 N–H and O–H groups in total. The zero-order valence-electron chi connectivity index (χ0n) is 12.4. The number of nitrogens with two attached hydrogens (primary N) is 1. The molecule has 1 aromatic carbocycles. The van der Waals surface area contributed by atoms with Gasteiger partial charge in [0, 0.05) is 29.4 Å². The van der Waals surface area contributed by atoms with E-state index in [9.17, 15) is 4.79 Å². The Morgan fingerprint density at radius 3 is 3.00 bits per heavy atom. The molecule has 116 valence electrons. The van der Waals surface area contributed by atoms with Crippen molar-refractivity contribution in [1.29, 1.82) is 0 Å². The van der Waals surface area contributed by atoms with E-state index in [0.717, 1.165) is 42.5 Å². The molecule has 1 aliphatic heterocycles. The molecule has 1 fully saturated rings. The first-order valence-corrected chi connectivity index (χ1v) is 7.95. The average Bonchev–Trinajstić information content (AvgIpc) is 2.49. The molecular weight excluding hydrogens is 298 g/mol. The number of anilines is 1. The van der Waals surface area contributed by atoms with Crippen LogP contribution >= 0.6 is 11.6 Å². The third-order valence-corrected chi connectivity index (χ3v) is 4.64. The van der Waals surface area contributed by atoms with Crippen LogP contribution in [0.15, 0.2) is 24.9 Å². The minimum atomic E-state index is -0.0250. The Balaban J connectivity index is 1.79. The summed E-state index contributed by atoms with van der Waals surface area (Å²) in [5.41, 5.74) is 9.34. The molecule has 2 aliphatic rings. The first-order valence-electron chi connectivity index (χ1n) is 7.57. The highest BCUT2D eigenvalue weighted by Gasteiger charge is 2.26. The Hall–Kier alpha value is -1.78. The normalized spacial score (nSPS) is 23.6. The van der Waals surface area contributed by atoms with Gasteiger partial charge >= 0.3 is 0 Å². The monoisotopic (exact) mass is 317 g/mol. The minimum absolute atomic E-state index is 0.00809. The molecule has 22 heavy (non-hydrogen) atoms. The summed E-state index contributed by atoms with van der Waals surface area (Å²) in [6, 6.07) is 3.85. The number of amides is 1. The van der Waals surface area contributed by atoms with Gasteiger partial charge in [0.05, 0.1) is 10.7 Å². The van der Waals surface area contributed by atoms with Crippen molar-refractivity contribution in [2.45, 2.75) is 31.7 Å². The molecule has 0 bridgehead atoms. The van der Waals surface area contributed by atoms with Crippen molar-refractivity contribution >= 4 is 35.0 Å². The topological polar surface area (TPSA) is 67.1 Å². The average molecular weight is 318 g/mol. The lowest BCUT2D eigenvalue weighted by Crippen LogP contribution is -2.34. The number of nitrogens with one attached hydrogen (secondary N) is 2. The van der Waals surface area contributed by atoms with Crippen LogP contribution in [0.4, 0.5) is 5.69 Å². The van der Waals surface area contributed by atoms with Crippen LogP contribution in [0.2, 0.25) is 5.02 Å². The SMILES string of the molecule is C=C1NC=Cc2cc(NC(=O)[C@@H]3CCC[C@H](N)C3)c(Cl)cc21. The van der Waals surface area contributed by atoms with Crippen molar-refractivity contribution in [3.8, 4) is 0 Å². The van der Waals surface area contributed by atoms with Crippen LogP contribution in [-0.4, -0.2) is 11.9 Å². The molecular formula is C17H20ClN3O. The zero-order valence-corrected chi connectivity index (χ0v) is 13.1. The van der Waals surface area contributed by atoms with Crippen molar-refractivity contribution in [2.75, 3.05) is 5.32 Å². The molecule has 1 heterocycles. The van der Waals surface area contributed by atoms with Crippen LogP contribution in [0.3, 0.4) is 0 Å². The first-order chi connectivity index (χ1) is 10.5. The summed E-state index contributed by atoms with van der Waals surface area (Å²) in [7, 11) is 0. The van der Waals surface area contributed by atoms with Gasteiger partial charge in [-0.2, -0.15) is 0 Å². The van der Waals surface area contributed by atoms with E-state index in [0.29, 0.717) is 10.7 Å². The van der Waals surface area contributed by atoms with Gasteiger partial charge in [0.15, 0.2) is 0 Å². The molecule has 1 aromatic rings. The number of rotatable bonds is 2. The highest BCUT2D eigenvalue weighted by atomic mass is 35.5. The van der Waals surface area contributed by atoms with Crippen LogP contribution in [0, 0.1) is 5.92 Å². The Kier molecular flexibility index (Phi) is 4.23. The standard InChI is InChI=1S/C17H20ClN3O/c1-10-14-9-15(18)16(8-11(14)5-6-20-10)21-17(22)12-3-2-4-13(19)7-12/h5-6,8-9,12-13,20H,1-4,7,19H2,(H,21,22)/t12-,13+/m1/s1. The fourth-order valence-electron chi connectivity index (χ4n) is 3.10. The van der Waals surface area contributed by atoms with Gasteiger partial charge < -0.3 is 16.4 Å². The number of fused-ring (bicyclic) bond motifs is 1. The van der Waals surface area contributed by atoms with E-state index in [1.54, 1.807) is 0 Å². The van der Waals surface area contributed by atoms with Gasteiger partial charge in [-0.25, -0.2) is 0 Å². The summed E-state index contributed by atoms with van der Waals surface area (Å²) < 4.78 is 0. The van der Waals surface area contributed by atoms with Crippen LogP contribution in [0.25, 0.3) is 11.8 Å². The van der Waals surface area contributed by atoms with E-state index in [4.69, 9.17) is 17.3 Å². The number of benzene rings is 1. The predicted molar refractivity (Wildman–Crippen MR) is 91.2 cm³/mol. The van der Waals surface area contributed by atoms with Crippen molar-refractivity contribution in [3.05, 3.63) is 41.1 Å². The second-order valence-corrected chi connectivity index (χ2v) is 6.40. The summed E-state index contributed by atoms with van der Waals surface area (Å²) in [6.07, 6.45) is 7.41. The Morgan fingerprint density at radius 2 is 2.23 bits per heavy atom. The Morgan fingerprint density at radius 1 is 1.41 bits per heavy atom. The molecule has 0 aromatic heterocycles. The van der Waals surface area contributed by atoms with Gasteiger partial charge in [0.1, 0.15) is 0 Å². The number of hydrogen-bond donors (Lipinski definition) is 3. The lowest BCUT2D eigenvalue weighted by Gasteiger charge is -2.26. The molecule has 3 rings (SSSR count). The van der Waals surface area contributed by atoms with Crippen molar-refractivity contribution in [3.63, 3.8) is 0 Å². The maximum Gasteiger partial charge on any atom is 0.227 e. The van der Waals surface area contributed by atoms with Gasteiger partial charge in [0.2, 0.25) is 5.91 Å². The molecule has 1 amide bonds. The van der Waals surface area contributed by atoms with E-state index in [-0.39, 0.29) is 17.9 Å². The van der Waals surface area contributed by atoms with Gasteiger partial charge in [0.25, 0.3) is 0 Å². The fraction of sp³-hybridized carbons (Fsp3) is 0.353. The van der Waals surface area contributed by atoms with Gasteiger partial charge in [-0.1, -0.05) is 24.6 Å². The van der Waals surface area contributed by atoms with E-state index >= 15 is 0 Å². The summed E-state index contributed by atoms with van der Waals surface area (Å²) >= 11 is 6.31. The lowest BCUT2D eigenvalue weighted by atomic mass is 9.85. The summed E-state index contributed by atoms with van der Waals surface area (Å²) in [6.45, 7) is 3.95. The van der Waals surface area contributed by atoms with E-state index < -0.39 is 0 Å². The lowest BCUT2D eigenvalue weighted by molar-refractivity contribution is -0.120. The maximum atomic E-state index is 12.4. The molecule has 5 heteroatoms. The number of carbonyl (C=O) groups excluding carboxylic acids is 1. The first kappa shape index (κ1) is 15.1. The van der Waals surface area contributed by atoms with Crippen molar-refractivity contribution in [2.24, 2.45) is 11.7 Å². The molecule has 1 aliphatic carbocycles. The van der Waals surface area contributed by atoms with Gasteiger partial charge in [-0.3, -0.25) is 4.79 Å². The van der Waals surface area contributed by atoms with Crippen molar-refractivity contribution in [1.82, 2.24) is 5.32 Å². The molecule has 1 saturated carbocycles. The second-order valence-electron chi connectivity index (χ2n) is 5.99. The Labute approximate surface area is 135 Å². The van der Waals surface area contributed by atoms with Gasteiger partial charge in [-0.15, -0.1) is 0 Å². The molecule has 0 unspecified atom stereocenters. The maximum absolute atomic E-state index is 12.4. The van der Waals surface area contributed by atoms with Crippen LogP contribution in [0.5, 0.6) is 0 Å². The Bertz CT molecular complexity index is 654. The number of carbonyl (C=O) groups is 1. The summed E-state index contributed by atoms with van der Waals surface area (Å²) in [5.74, 6) is -0.0169. The largest absolute Gasteiger partial charge is 0.362 e. The van der Waals surface area contributed by atoms with Crippen molar-refractivity contribution < 1.29 is 4.79 Å². The molecule has 0 spiro atoms. The van der Waals surface area contributed by atoms with E-state index in [1.807, 2.05) is 24.4 Å². The number of halogens is 1. The fourth-order valence-corrected chi connectivity index (χ4v) is 3.31. The second kappa shape index (κ2) is 6.15. The van der Waals surface area contributed by atoms with Gasteiger partial charge in [-0.05, 0) is 43.0 Å². The third-order valence-electron chi connectivity index (χ3n) is 4.33. The molecule has 4 nitrogen and oxygen atoms in total. The van der Waals surface area contributed by atoms with Crippen LogP contribution < -0.4 is 16.4 Å². The molecule has 0 radical (unpaired) electrons. The number of hydrogen-bond acceptors (Lipinski definition) is 3. The summed E-state index contributed by atoms with van der Waals surface area (Å²) in [5, 5.41) is 6.52. The van der Waals surface area contributed by atoms with Crippen LogP contribution in [-0.2, 0) is 4.79 Å². The minimum Gasteiger partial charge on any atom is -0.362 e. The van der Waals surface area contributed by atoms with E-state index in [2.05, 4.69) is 17.2 Å². The zero-order chi connectivity index (χ0) is 15.7. The smallest absolute Gasteiger partial charge is 0.227 e. The highest BCUT2D eigenvalue weighted by molar-refractivity contribution is 6.34. The molecule has 0 saturated heterocycles.